The highest BCUT2D eigenvalue weighted by atomic mass is 32.2. The normalized spacial score (nSPS) is 10.3. The molecule has 0 saturated heterocycles. The molecule has 8 heteroatoms. The average molecular weight is 331 g/mol. The first-order valence-corrected chi connectivity index (χ1v) is 7.83. The Balaban J connectivity index is 1.92. The van der Waals surface area contributed by atoms with Gasteiger partial charge < -0.3 is 15.6 Å². The van der Waals surface area contributed by atoms with E-state index in [1.165, 1.54) is 11.8 Å². The number of aryl methyl sites for hydroxylation is 1. The highest BCUT2D eigenvalue weighted by Gasteiger charge is 2.11. The molecule has 2 aromatic rings. The predicted octanol–water partition coefficient (Wildman–Crippen LogP) is 1.60. The summed E-state index contributed by atoms with van der Waals surface area (Å²) in [5, 5.41) is 11.4. The number of nitrogens with one attached hydrogen (secondary N) is 1. The van der Waals surface area contributed by atoms with Gasteiger partial charge in [-0.1, -0.05) is 17.8 Å². The van der Waals surface area contributed by atoms with Crippen LogP contribution in [0.15, 0.2) is 42.1 Å². The zero-order chi connectivity index (χ0) is 16.8. The van der Waals surface area contributed by atoms with E-state index in [2.05, 4.69) is 22.1 Å². The van der Waals surface area contributed by atoms with Crippen molar-refractivity contribution in [2.45, 2.75) is 18.6 Å². The fourth-order valence-corrected chi connectivity index (χ4v) is 2.65. The van der Waals surface area contributed by atoms with Gasteiger partial charge in [-0.15, -0.1) is 16.8 Å². The van der Waals surface area contributed by atoms with E-state index >= 15 is 0 Å². The average Bonchev–Trinajstić information content (AvgIpc) is 2.87. The number of amides is 2. The molecule has 120 valence electrons. The van der Waals surface area contributed by atoms with Crippen molar-refractivity contribution in [3.8, 4) is 0 Å². The summed E-state index contributed by atoms with van der Waals surface area (Å²) in [6, 6.07) is 6.39. The van der Waals surface area contributed by atoms with Crippen LogP contribution in [0.3, 0.4) is 0 Å². The Bertz CT molecular complexity index is 724. The molecule has 1 heterocycles. The molecule has 23 heavy (non-hydrogen) atoms. The lowest BCUT2D eigenvalue weighted by molar-refractivity contribution is -0.113. The summed E-state index contributed by atoms with van der Waals surface area (Å²) in [5.74, 6) is 0.296. The summed E-state index contributed by atoms with van der Waals surface area (Å²) < 4.78 is 1.88. The van der Waals surface area contributed by atoms with E-state index in [9.17, 15) is 9.59 Å². The summed E-state index contributed by atoms with van der Waals surface area (Å²) >= 11 is 1.30. The summed E-state index contributed by atoms with van der Waals surface area (Å²) in [4.78, 5) is 23.0. The number of nitrogens with two attached hydrogens (primary N) is 1. The Hall–Kier alpha value is -2.61. The van der Waals surface area contributed by atoms with Crippen LogP contribution >= 0.6 is 11.8 Å². The van der Waals surface area contributed by atoms with Gasteiger partial charge in [0.2, 0.25) is 11.8 Å². The Morgan fingerprint density at radius 3 is 2.65 bits per heavy atom. The lowest BCUT2D eigenvalue weighted by Gasteiger charge is -2.07. The van der Waals surface area contributed by atoms with E-state index in [1.54, 1.807) is 30.3 Å². The zero-order valence-corrected chi connectivity index (χ0v) is 13.5. The molecule has 7 nitrogen and oxygen atoms in total. The maximum atomic E-state index is 12.0. The molecule has 3 N–H and O–H groups in total. The molecule has 0 saturated carbocycles. The van der Waals surface area contributed by atoms with Crippen molar-refractivity contribution in [2.24, 2.45) is 5.73 Å². The number of nitrogens with zero attached hydrogens (tertiary/aromatic N) is 3. The maximum absolute atomic E-state index is 12.0. The lowest BCUT2D eigenvalue weighted by Crippen LogP contribution is -2.15. The van der Waals surface area contributed by atoms with E-state index in [-0.39, 0.29) is 11.7 Å². The second kappa shape index (κ2) is 7.59. The van der Waals surface area contributed by atoms with Crippen molar-refractivity contribution in [1.82, 2.24) is 14.8 Å². The first kappa shape index (κ1) is 16.8. The van der Waals surface area contributed by atoms with Crippen LogP contribution in [0.5, 0.6) is 0 Å². The van der Waals surface area contributed by atoms with Crippen molar-refractivity contribution in [3.63, 3.8) is 0 Å². The van der Waals surface area contributed by atoms with Crippen LogP contribution in [0, 0.1) is 6.92 Å². The van der Waals surface area contributed by atoms with E-state index in [4.69, 9.17) is 5.73 Å². The third-order valence-corrected chi connectivity index (χ3v) is 3.97. The zero-order valence-electron chi connectivity index (χ0n) is 12.7. The van der Waals surface area contributed by atoms with Crippen molar-refractivity contribution >= 4 is 29.3 Å². The standard InChI is InChI=1S/C15H17N5O2S/c1-3-8-20-10(2)18-19-15(20)23-9-13(21)17-12-6-4-11(5-7-12)14(16)22/h3-7H,1,8-9H2,2H3,(H2,16,22)(H,17,21). The number of thioether (sulfide) groups is 1. The van der Waals surface area contributed by atoms with E-state index in [0.717, 1.165) is 5.82 Å². The van der Waals surface area contributed by atoms with E-state index in [1.807, 2.05) is 11.5 Å². The number of carbonyl (C=O) groups is 2. The minimum atomic E-state index is -0.504. The lowest BCUT2D eigenvalue weighted by atomic mass is 10.2. The quantitative estimate of drug-likeness (QED) is 0.592. The number of hydrogen-bond donors (Lipinski definition) is 2. The van der Waals surface area contributed by atoms with E-state index < -0.39 is 5.91 Å². The van der Waals surface area contributed by atoms with Crippen LogP contribution in [-0.2, 0) is 11.3 Å². The van der Waals surface area contributed by atoms with Crippen LogP contribution < -0.4 is 11.1 Å². The van der Waals surface area contributed by atoms with E-state index in [0.29, 0.717) is 23.0 Å². The van der Waals surface area contributed by atoms with Gasteiger partial charge in [0.25, 0.3) is 0 Å². The molecular formula is C15H17N5O2S. The molecule has 0 spiro atoms. The van der Waals surface area contributed by atoms with Gasteiger partial charge >= 0.3 is 0 Å². The first-order chi connectivity index (χ1) is 11.0. The Morgan fingerprint density at radius 2 is 2.04 bits per heavy atom. The van der Waals surface area contributed by atoms with Gasteiger partial charge in [0.15, 0.2) is 5.16 Å². The molecule has 1 aromatic carbocycles. The molecule has 0 aliphatic heterocycles. The number of allylic oxidation sites excluding steroid dienone is 1. The largest absolute Gasteiger partial charge is 0.366 e. The second-order valence-corrected chi connectivity index (χ2v) is 5.65. The molecule has 0 aliphatic carbocycles. The number of primary amides is 1. The van der Waals surface area contributed by atoms with Gasteiger partial charge in [-0.05, 0) is 31.2 Å². The third kappa shape index (κ3) is 4.43. The maximum Gasteiger partial charge on any atom is 0.248 e. The SMILES string of the molecule is C=CCn1c(C)nnc1SCC(=O)Nc1ccc(C(N)=O)cc1. The monoisotopic (exact) mass is 331 g/mol. The first-order valence-electron chi connectivity index (χ1n) is 6.84. The van der Waals surface area contributed by atoms with Crippen LogP contribution in [-0.4, -0.2) is 32.3 Å². The fraction of sp³-hybridized carbons (Fsp3) is 0.200. The molecule has 1 aromatic heterocycles. The Kier molecular flexibility index (Phi) is 5.53. The van der Waals surface area contributed by atoms with Crippen molar-refractivity contribution in [3.05, 3.63) is 48.3 Å². The number of aromatic nitrogens is 3. The molecule has 0 unspecified atom stereocenters. The van der Waals surface area contributed by atoms with Crippen molar-refractivity contribution < 1.29 is 9.59 Å². The van der Waals surface area contributed by atoms with Crippen LogP contribution in [0.25, 0.3) is 0 Å². The molecule has 0 bridgehead atoms. The highest BCUT2D eigenvalue weighted by molar-refractivity contribution is 7.99. The predicted molar refractivity (Wildman–Crippen MR) is 89.3 cm³/mol. The summed E-state index contributed by atoms with van der Waals surface area (Å²) in [7, 11) is 0. The minimum absolute atomic E-state index is 0.173. The third-order valence-electron chi connectivity index (χ3n) is 3.00. The van der Waals surface area contributed by atoms with Crippen LogP contribution in [0.1, 0.15) is 16.2 Å². The molecule has 0 aliphatic rings. The summed E-state index contributed by atoms with van der Waals surface area (Å²) in [5.41, 5.74) is 6.16. The highest BCUT2D eigenvalue weighted by Crippen LogP contribution is 2.17. The van der Waals surface area contributed by atoms with Gasteiger partial charge in [-0.3, -0.25) is 9.59 Å². The summed E-state index contributed by atoms with van der Waals surface area (Å²) in [6.45, 7) is 6.13. The fourth-order valence-electron chi connectivity index (χ4n) is 1.85. The molecule has 0 atom stereocenters. The molecular weight excluding hydrogens is 314 g/mol. The molecule has 2 rings (SSSR count). The van der Waals surface area contributed by atoms with Crippen LogP contribution in [0.4, 0.5) is 5.69 Å². The van der Waals surface area contributed by atoms with Crippen molar-refractivity contribution in [1.29, 1.82) is 0 Å². The van der Waals surface area contributed by atoms with Gasteiger partial charge in [0, 0.05) is 17.8 Å². The number of anilines is 1. The molecule has 2 amide bonds. The van der Waals surface area contributed by atoms with Gasteiger partial charge in [0.05, 0.1) is 5.75 Å². The summed E-state index contributed by atoms with van der Waals surface area (Å²) in [6.07, 6.45) is 1.75. The topological polar surface area (TPSA) is 103 Å². The number of carbonyl (C=O) groups excluding carboxylic acids is 2. The number of rotatable bonds is 7. The smallest absolute Gasteiger partial charge is 0.248 e. The molecule has 0 radical (unpaired) electrons. The minimum Gasteiger partial charge on any atom is -0.366 e. The Morgan fingerprint density at radius 1 is 1.35 bits per heavy atom. The van der Waals surface area contributed by atoms with Crippen LogP contribution in [0.2, 0.25) is 0 Å². The molecule has 0 fully saturated rings. The second-order valence-electron chi connectivity index (χ2n) is 4.71. The number of hydrogen-bond acceptors (Lipinski definition) is 5. The van der Waals surface area contributed by atoms with Gasteiger partial charge in [-0.25, -0.2) is 0 Å². The van der Waals surface area contributed by atoms with Gasteiger partial charge in [0.1, 0.15) is 5.82 Å². The van der Waals surface area contributed by atoms with Crippen molar-refractivity contribution in [2.75, 3.05) is 11.1 Å². The number of benzene rings is 1. The Labute approximate surface area is 138 Å². The van der Waals surface area contributed by atoms with Gasteiger partial charge in [-0.2, -0.15) is 0 Å².